The van der Waals surface area contributed by atoms with Crippen molar-refractivity contribution < 1.29 is 9.90 Å². The van der Waals surface area contributed by atoms with Gasteiger partial charge in [0, 0.05) is 24.2 Å². The molecule has 0 saturated heterocycles. The van der Waals surface area contributed by atoms with Crippen LogP contribution in [-0.4, -0.2) is 18.1 Å². The van der Waals surface area contributed by atoms with E-state index in [9.17, 15) is 9.90 Å². The Bertz CT molecular complexity index is 619. The van der Waals surface area contributed by atoms with Crippen LogP contribution in [0, 0.1) is 0 Å². The fourth-order valence-corrected chi connectivity index (χ4v) is 2.52. The van der Waals surface area contributed by atoms with Gasteiger partial charge >= 0.3 is 0 Å². The summed E-state index contributed by atoms with van der Waals surface area (Å²) in [5.41, 5.74) is 1.98. The number of hydrogen-bond acceptors (Lipinski definition) is 2. The molecule has 1 aliphatic heterocycles. The fourth-order valence-electron chi connectivity index (χ4n) is 2.52. The first-order valence-corrected chi connectivity index (χ1v) is 5.68. The van der Waals surface area contributed by atoms with Gasteiger partial charge in [0.2, 0.25) is 5.91 Å². The molecular formula is C14H13NO2. The van der Waals surface area contributed by atoms with E-state index in [0.29, 0.717) is 18.6 Å². The molecule has 1 aliphatic rings. The summed E-state index contributed by atoms with van der Waals surface area (Å²) in [7, 11) is 1.80. The summed E-state index contributed by atoms with van der Waals surface area (Å²) in [5, 5.41) is 11.7. The lowest BCUT2D eigenvalue weighted by atomic mass is 9.95. The van der Waals surface area contributed by atoms with E-state index in [1.165, 1.54) is 0 Å². The zero-order valence-electron chi connectivity index (χ0n) is 9.60. The summed E-state index contributed by atoms with van der Waals surface area (Å²) in [6.45, 7) is 0. The van der Waals surface area contributed by atoms with Crippen LogP contribution in [0.4, 0.5) is 5.69 Å². The monoisotopic (exact) mass is 227 g/mol. The van der Waals surface area contributed by atoms with Crippen LogP contribution < -0.4 is 4.90 Å². The van der Waals surface area contributed by atoms with Crippen LogP contribution >= 0.6 is 0 Å². The fraction of sp³-hybridized carbons (Fsp3) is 0.214. The second kappa shape index (κ2) is 3.48. The molecule has 2 aromatic rings. The summed E-state index contributed by atoms with van der Waals surface area (Å²) in [5.74, 6) is 0.426. The highest BCUT2D eigenvalue weighted by Gasteiger charge is 2.23. The molecule has 0 saturated carbocycles. The first-order valence-electron chi connectivity index (χ1n) is 5.68. The Labute approximate surface area is 99.3 Å². The van der Waals surface area contributed by atoms with E-state index in [1.54, 1.807) is 18.0 Å². The first kappa shape index (κ1) is 10.1. The molecule has 0 spiro atoms. The van der Waals surface area contributed by atoms with Gasteiger partial charge in [-0.25, -0.2) is 0 Å². The van der Waals surface area contributed by atoms with Crippen molar-refractivity contribution in [3.8, 4) is 5.75 Å². The van der Waals surface area contributed by atoms with Gasteiger partial charge in [-0.1, -0.05) is 24.3 Å². The minimum atomic E-state index is 0.133. The average Bonchev–Trinajstić information content (AvgIpc) is 2.34. The number of nitrogens with zero attached hydrogens (tertiary/aromatic N) is 1. The molecule has 17 heavy (non-hydrogen) atoms. The van der Waals surface area contributed by atoms with Crippen molar-refractivity contribution in [1.82, 2.24) is 0 Å². The molecule has 3 heteroatoms. The van der Waals surface area contributed by atoms with Crippen LogP contribution in [0.25, 0.3) is 10.8 Å². The van der Waals surface area contributed by atoms with Crippen molar-refractivity contribution in [1.29, 1.82) is 0 Å². The van der Waals surface area contributed by atoms with E-state index in [4.69, 9.17) is 0 Å². The molecule has 2 aromatic carbocycles. The third-order valence-electron chi connectivity index (χ3n) is 3.39. The van der Waals surface area contributed by atoms with Gasteiger partial charge in [-0.15, -0.1) is 0 Å². The number of carbonyl (C=O) groups excluding carboxylic acids is 1. The summed E-state index contributed by atoms with van der Waals surface area (Å²) >= 11 is 0. The Hall–Kier alpha value is -2.03. The number of fused-ring (bicyclic) bond motifs is 3. The van der Waals surface area contributed by atoms with E-state index in [1.807, 2.05) is 24.3 Å². The number of benzene rings is 2. The van der Waals surface area contributed by atoms with Crippen molar-refractivity contribution >= 4 is 22.4 Å². The Balaban J connectivity index is 2.40. The number of aryl methyl sites for hydroxylation is 1. The number of hydrogen-bond donors (Lipinski definition) is 1. The maximum atomic E-state index is 11.7. The van der Waals surface area contributed by atoms with Gasteiger partial charge in [0.15, 0.2) is 0 Å². The van der Waals surface area contributed by atoms with Gasteiger partial charge in [-0.05, 0) is 18.1 Å². The molecule has 0 unspecified atom stereocenters. The summed E-state index contributed by atoms with van der Waals surface area (Å²) in [4.78, 5) is 13.4. The number of aromatic hydroxyl groups is 1. The van der Waals surface area contributed by atoms with Gasteiger partial charge in [-0.3, -0.25) is 4.79 Å². The molecule has 1 amide bonds. The molecule has 86 valence electrons. The van der Waals surface area contributed by atoms with Crippen molar-refractivity contribution in [3.63, 3.8) is 0 Å². The molecule has 0 aliphatic carbocycles. The average molecular weight is 227 g/mol. The van der Waals surface area contributed by atoms with Crippen molar-refractivity contribution in [2.75, 3.05) is 11.9 Å². The summed E-state index contributed by atoms with van der Waals surface area (Å²) < 4.78 is 0. The van der Waals surface area contributed by atoms with Crippen LogP contribution in [-0.2, 0) is 11.2 Å². The lowest BCUT2D eigenvalue weighted by molar-refractivity contribution is -0.118. The largest absolute Gasteiger partial charge is 0.507 e. The standard InChI is InChI=1S/C14H13NO2/c1-15-13(17)7-6-9-8-12(16)10-4-2-3-5-11(10)14(9)15/h2-5,8,16H,6-7H2,1H3. The lowest BCUT2D eigenvalue weighted by Crippen LogP contribution is -2.31. The highest BCUT2D eigenvalue weighted by molar-refractivity contribution is 6.08. The van der Waals surface area contributed by atoms with Crippen LogP contribution in [0.1, 0.15) is 12.0 Å². The Morgan fingerprint density at radius 1 is 1.18 bits per heavy atom. The maximum absolute atomic E-state index is 11.7. The highest BCUT2D eigenvalue weighted by atomic mass is 16.3. The molecule has 3 rings (SSSR count). The normalized spacial score (nSPS) is 15.1. The lowest BCUT2D eigenvalue weighted by Gasteiger charge is -2.27. The topological polar surface area (TPSA) is 40.5 Å². The van der Waals surface area contributed by atoms with E-state index in [2.05, 4.69) is 0 Å². The van der Waals surface area contributed by atoms with E-state index in [0.717, 1.165) is 22.0 Å². The van der Waals surface area contributed by atoms with Gasteiger partial charge in [0.25, 0.3) is 0 Å². The second-order valence-electron chi connectivity index (χ2n) is 4.40. The Kier molecular flexibility index (Phi) is 2.08. The third-order valence-corrected chi connectivity index (χ3v) is 3.39. The molecule has 0 radical (unpaired) electrons. The third kappa shape index (κ3) is 1.39. The molecular weight excluding hydrogens is 214 g/mol. The van der Waals surface area contributed by atoms with E-state index < -0.39 is 0 Å². The molecule has 3 nitrogen and oxygen atoms in total. The predicted molar refractivity (Wildman–Crippen MR) is 67.3 cm³/mol. The van der Waals surface area contributed by atoms with Crippen molar-refractivity contribution in [2.45, 2.75) is 12.8 Å². The molecule has 0 bridgehead atoms. The first-order chi connectivity index (χ1) is 8.18. The highest BCUT2D eigenvalue weighted by Crippen LogP contribution is 2.39. The minimum absolute atomic E-state index is 0.133. The van der Waals surface area contributed by atoms with Gasteiger partial charge in [-0.2, -0.15) is 0 Å². The summed E-state index contributed by atoms with van der Waals surface area (Å²) in [6.07, 6.45) is 1.22. The number of anilines is 1. The van der Waals surface area contributed by atoms with Crippen LogP contribution in [0.15, 0.2) is 30.3 Å². The van der Waals surface area contributed by atoms with E-state index >= 15 is 0 Å². The van der Waals surface area contributed by atoms with Gasteiger partial charge < -0.3 is 10.0 Å². The molecule has 0 aromatic heterocycles. The zero-order valence-corrected chi connectivity index (χ0v) is 9.60. The van der Waals surface area contributed by atoms with Gasteiger partial charge in [0.1, 0.15) is 5.75 Å². The minimum Gasteiger partial charge on any atom is -0.507 e. The SMILES string of the molecule is CN1C(=O)CCc2cc(O)c3ccccc3c21. The smallest absolute Gasteiger partial charge is 0.227 e. The van der Waals surface area contributed by atoms with Gasteiger partial charge in [0.05, 0.1) is 5.69 Å². The summed E-state index contributed by atoms with van der Waals surface area (Å²) in [6, 6.07) is 9.41. The van der Waals surface area contributed by atoms with Crippen LogP contribution in [0.5, 0.6) is 5.75 Å². The number of carbonyl (C=O) groups is 1. The number of phenolic OH excluding ortho intramolecular Hbond substituents is 1. The number of phenols is 1. The maximum Gasteiger partial charge on any atom is 0.227 e. The van der Waals surface area contributed by atoms with Crippen molar-refractivity contribution in [3.05, 3.63) is 35.9 Å². The quantitative estimate of drug-likeness (QED) is 0.751. The Morgan fingerprint density at radius 2 is 1.88 bits per heavy atom. The Morgan fingerprint density at radius 3 is 2.65 bits per heavy atom. The molecule has 0 atom stereocenters. The second-order valence-corrected chi connectivity index (χ2v) is 4.40. The predicted octanol–water partition coefficient (Wildman–Crippen LogP) is 2.45. The molecule has 1 N–H and O–H groups in total. The van der Waals surface area contributed by atoms with Crippen LogP contribution in [0.2, 0.25) is 0 Å². The van der Waals surface area contributed by atoms with E-state index in [-0.39, 0.29) is 5.91 Å². The van der Waals surface area contributed by atoms with Crippen LogP contribution in [0.3, 0.4) is 0 Å². The number of rotatable bonds is 0. The zero-order chi connectivity index (χ0) is 12.0. The number of amides is 1. The molecule has 0 fully saturated rings. The van der Waals surface area contributed by atoms with Crippen molar-refractivity contribution in [2.24, 2.45) is 0 Å². The molecule has 1 heterocycles.